The van der Waals surface area contributed by atoms with E-state index in [1.165, 1.54) is 6.07 Å². The molecule has 1 atom stereocenters. The predicted octanol–water partition coefficient (Wildman–Crippen LogP) is 3.82. The van der Waals surface area contributed by atoms with Gasteiger partial charge >= 0.3 is 5.63 Å². The zero-order chi connectivity index (χ0) is 19.8. The highest BCUT2D eigenvalue weighted by atomic mass is 16.4. The first-order valence-corrected chi connectivity index (χ1v) is 8.86. The highest BCUT2D eigenvalue weighted by Gasteiger charge is 2.17. The molecule has 140 valence electrons. The van der Waals surface area contributed by atoms with E-state index in [9.17, 15) is 9.59 Å². The number of rotatable bonds is 3. The molecule has 2 N–H and O–H groups in total. The molecule has 0 aliphatic rings. The maximum atomic E-state index is 12.8. The smallest absolute Gasteiger partial charge is 0.336 e. The largest absolute Gasteiger partial charge is 0.438 e. The third-order valence-electron chi connectivity index (χ3n) is 4.76. The van der Waals surface area contributed by atoms with Crippen LogP contribution in [0.1, 0.15) is 34.5 Å². The van der Waals surface area contributed by atoms with E-state index in [4.69, 9.17) is 14.2 Å². The third-order valence-corrected chi connectivity index (χ3v) is 4.76. The Morgan fingerprint density at radius 3 is 2.54 bits per heavy atom. The van der Waals surface area contributed by atoms with Crippen molar-refractivity contribution in [1.82, 2.24) is 5.32 Å². The number of fused-ring (bicyclic) bond motifs is 3. The summed E-state index contributed by atoms with van der Waals surface area (Å²) in [4.78, 5) is 24.6. The Kier molecular flexibility index (Phi) is 4.31. The first-order valence-electron chi connectivity index (χ1n) is 8.86. The van der Waals surface area contributed by atoms with Crippen molar-refractivity contribution < 1.29 is 13.6 Å². The van der Waals surface area contributed by atoms with Gasteiger partial charge in [0.25, 0.3) is 5.91 Å². The Labute approximate surface area is 159 Å². The van der Waals surface area contributed by atoms with Gasteiger partial charge in [-0.1, -0.05) is 30.3 Å². The molecule has 2 aromatic carbocycles. The van der Waals surface area contributed by atoms with Crippen molar-refractivity contribution in [1.29, 1.82) is 5.41 Å². The number of nitrogens with one attached hydrogen (secondary N) is 2. The van der Waals surface area contributed by atoms with Crippen LogP contribution in [0.2, 0.25) is 0 Å². The molecule has 0 radical (unpaired) electrons. The Morgan fingerprint density at radius 1 is 1.04 bits per heavy atom. The Morgan fingerprint density at radius 2 is 1.79 bits per heavy atom. The summed E-state index contributed by atoms with van der Waals surface area (Å²) in [7, 11) is 0. The van der Waals surface area contributed by atoms with Crippen molar-refractivity contribution in [2.45, 2.75) is 19.9 Å². The van der Waals surface area contributed by atoms with Gasteiger partial charge in [0.15, 0.2) is 0 Å². The van der Waals surface area contributed by atoms with E-state index in [2.05, 4.69) is 5.32 Å². The quantitative estimate of drug-likeness (QED) is 0.421. The van der Waals surface area contributed by atoms with Gasteiger partial charge in [0.05, 0.1) is 11.4 Å². The number of aryl methyl sites for hydroxylation is 1. The predicted molar refractivity (Wildman–Crippen MR) is 105 cm³/mol. The zero-order valence-electron chi connectivity index (χ0n) is 15.4. The van der Waals surface area contributed by atoms with Crippen LogP contribution in [0.25, 0.3) is 21.9 Å². The molecule has 2 aromatic heterocycles. The van der Waals surface area contributed by atoms with Gasteiger partial charge in [0.2, 0.25) is 5.55 Å². The molecule has 1 unspecified atom stereocenters. The molecule has 2 heterocycles. The van der Waals surface area contributed by atoms with Crippen molar-refractivity contribution in [3.05, 3.63) is 87.3 Å². The van der Waals surface area contributed by atoms with Crippen molar-refractivity contribution in [3.8, 4) is 0 Å². The van der Waals surface area contributed by atoms with Gasteiger partial charge in [0, 0.05) is 11.5 Å². The SMILES string of the molecule is Cc1cc(=O)oc2c1ccc1oc(=N)c(C(=O)NC(C)c3ccccc3)cc12. The topological polar surface area (TPSA) is 96.3 Å². The Hall–Kier alpha value is -3.67. The van der Waals surface area contributed by atoms with Crippen LogP contribution in [0.5, 0.6) is 0 Å². The van der Waals surface area contributed by atoms with Crippen LogP contribution in [-0.2, 0) is 0 Å². The normalized spacial score (nSPS) is 12.2. The van der Waals surface area contributed by atoms with Crippen molar-refractivity contribution in [2.75, 3.05) is 0 Å². The van der Waals surface area contributed by atoms with Gasteiger partial charge in [0.1, 0.15) is 16.7 Å². The van der Waals surface area contributed by atoms with E-state index in [1.807, 2.05) is 44.2 Å². The Balaban J connectivity index is 1.82. The van der Waals surface area contributed by atoms with Gasteiger partial charge in [-0.3, -0.25) is 10.2 Å². The molecule has 0 aliphatic carbocycles. The lowest BCUT2D eigenvalue weighted by Gasteiger charge is -2.14. The number of carbonyl (C=O) groups is 1. The molecule has 0 bridgehead atoms. The summed E-state index contributed by atoms with van der Waals surface area (Å²) in [5, 5.41) is 12.2. The first kappa shape index (κ1) is 17.7. The highest BCUT2D eigenvalue weighted by molar-refractivity contribution is 6.05. The minimum absolute atomic E-state index is 0.0759. The molecule has 0 saturated carbocycles. The maximum absolute atomic E-state index is 12.8. The molecule has 1 amide bonds. The van der Waals surface area contributed by atoms with E-state index >= 15 is 0 Å². The fraction of sp³-hybridized carbons (Fsp3) is 0.136. The second-order valence-electron chi connectivity index (χ2n) is 6.70. The van der Waals surface area contributed by atoms with E-state index < -0.39 is 11.5 Å². The molecule has 4 aromatic rings. The van der Waals surface area contributed by atoms with Crippen molar-refractivity contribution in [2.24, 2.45) is 0 Å². The second kappa shape index (κ2) is 6.81. The van der Waals surface area contributed by atoms with Crippen LogP contribution < -0.4 is 16.5 Å². The molecule has 0 fully saturated rings. The first-order chi connectivity index (χ1) is 13.4. The summed E-state index contributed by atoms with van der Waals surface area (Å²) in [6, 6.07) is 15.7. The minimum atomic E-state index is -0.476. The van der Waals surface area contributed by atoms with Gasteiger partial charge in [-0.25, -0.2) is 4.79 Å². The third kappa shape index (κ3) is 3.09. The van der Waals surface area contributed by atoms with E-state index in [-0.39, 0.29) is 17.2 Å². The average molecular weight is 374 g/mol. The number of benzene rings is 2. The van der Waals surface area contributed by atoms with Crippen LogP contribution in [0.4, 0.5) is 0 Å². The van der Waals surface area contributed by atoms with E-state index in [1.54, 1.807) is 18.2 Å². The summed E-state index contributed by atoms with van der Waals surface area (Å²) < 4.78 is 10.9. The monoisotopic (exact) mass is 374 g/mol. The van der Waals surface area contributed by atoms with E-state index in [0.29, 0.717) is 16.6 Å². The molecule has 0 saturated heterocycles. The van der Waals surface area contributed by atoms with Crippen LogP contribution in [-0.4, -0.2) is 5.91 Å². The van der Waals surface area contributed by atoms with Gasteiger partial charge in [-0.15, -0.1) is 0 Å². The zero-order valence-corrected chi connectivity index (χ0v) is 15.4. The number of hydrogen-bond acceptors (Lipinski definition) is 5. The highest BCUT2D eigenvalue weighted by Crippen LogP contribution is 2.26. The molecule has 6 nitrogen and oxygen atoms in total. The molecule has 6 heteroatoms. The lowest BCUT2D eigenvalue weighted by molar-refractivity contribution is 0.0935. The summed E-state index contributed by atoms with van der Waals surface area (Å²) in [5.74, 6) is -0.431. The summed E-state index contributed by atoms with van der Waals surface area (Å²) >= 11 is 0. The second-order valence-corrected chi connectivity index (χ2v) is 6.70. The van der Waals surface area contributed by atoms with Crippen LogP contribution in [0, 0.1) is 12.3 Å². The van der Waals surface area contributed by atoms with Gasteiger partial charge < -0.3 is 14.2 Å². The molecule has 0 aliphatic heterocycles. The minimum Gasteiger partial charge on any atom is -0.438 e. The number of amides is 1. The average Bonchev–Trinajstić information content (AvgIpc) is 2.67. The molecule has 28 heavy (non-hydrogen) atoms. The molecular weight excluding hydrogens is 356 g/mol. The van der Waals surface area contributed by atoms with Crippen molar-refractivity contribution in [3.63, 3.8) is 0 Å². The van der Waals surface area contributed by atoms with Crippen LogP contribution in [0.3, 0.4) is 0 Å². The molecule has 4 rings (SSSR count). The number of hydrogen-bond donors (Lipinski definition) is 2. The molecular formula is C22H18N2O4. The maximum Gasteiger partial charge on any atom is 0.336 e. The van der Waals surface area contributed by atoms with Gasteiger partial charge in [-0.05, 0) is 43.2 Å². The van der Waals surface area contributed by atoms with E-state index in [0.717, 1.165) is 16.5 Å². The molecule has 0 spiro atoms. The van der Waals surface area contributed by atoms with Crippen molar-refractivity contribution >= 4 is 27.8 Å². The van der Waals surface area contributed by atoms with Gasteiger partial charge in [-0.2, -0.15) is 0 Å². The fourth-order valence-electron chi connectivity index (χ4n) is 3.26. The van der Waals surface area contributed by atoms with Crippen LogP contribution in [0.15, 0.2) is 68.2 Å². The Bertz CT molecular complexity index is 1320. The standard InChI is InChI=1S/C22H18N2O4/c1-12-10-19(25)28-20-15(12)8-9-18-16(20)11-17(21(23)27-18)22(26)24-13(2)14-6-4-3-5-7-14/h3-11,13,23H,1-2H3,(H,24,26). The fourth-order valence-corrected chi connectivity index (χ4v) is 3.26. The summed E-state index contributed by atoms with van der Waals surface area (Å²) in [5.41, 5.74) is 1.79. The number of carbonyl (C=O) groups excluding carboxylic acids is 1. The lowest BCUT2D eigenvalue weighted by Crippen LogP contribution is -2.30. The summed E-state index contributed by atoms with van der Waals surface area (Å²) in [6.45, 7) is 3.68. The lowest BCUT2D eigenvalue weighted by atomic mass is 10.1. The summed E-state index contributed by atoms with van der Waals surface area (Å²) in [6.07, 6.45) is 0. The van der Waals surface area contributed by atoms with Crippen LogP contribution >= 0.6 is 0 Å².